The van der Waals surface area contributed by atoms with Gasteiger partial charge in [-0.1, -0.05) is 6.08 Å². The molecule has 7 nitrogen and oxygen atoms in total. The van der Waals surface area contributed by atoms with Crippen molar-refractivity contribution in [2.75, 3.05) is 19.8 Å². The van der Waals surface area contributed by atoms with Gasteiger partial charge in [0.2, 0.25) is 0 Å². The van der Waals surface area contributed by atoms with Crippen molar-refractivity contribution in [1.82, 2.24) is 4.90 Å². The molecule has 1 aromatic rings. The Morgan fingerprint density at radius 2 is 2.12 bits per heavy atom. The van der Waals surface area contributed by atoms with Crippen LogP contribution in [0.1, 0.15) is 12.5 Å². The Balaban J connectivity index is 2.35. The van der Waals surface area contributed by atoms with Gasteiger partial charge >= 0.3 is 5.97 Å². The number of nitrogens with zero attached hydrogens (tertiary/aromatic N) is 1. The number of thioether (sulfide) groups is 1. The summed E-state index contributed by atoms with van der Waals surface area (Å²) in [6.07, 6.45) is 3.06. The third-order valence-corrected chi connectivity index (χ3v) is 4.65. The predicted molar refractivity (Wildman–Crippen MR) is 101 cm³/mol. The largest absolute Gasteiger partial charge is 0.490 e. The molecule has 1 heterocycles. The van der Waals surface area contributed by atoms with E-state index in [0.29, 0.717) is 22.4 Å². The van der Waals surface area contributed by atoms with E-state index < -0.39 is 12.6 Å². The molecule has 138 valence electrons. The summed E-state index contributed by atoms with van der Waals surface area (Å²) in [5, 5.41) is 8.42. The average Bonchev–Trinajstić information content (AvgIpc) is 2.82. The van der Waals surface area contributed by atoms with E-state index in [-0.39, 0.29) is 28.3 Å². The lowest BCUT2D eigenvalue weighted by Gasteiger charge is -2.13. The minimum atomic E-state index is -1.11. The molecular formula is C17H16BrNO6S. The van der Waals surface area contributed by atoms with Gasteiger partial charge in [0.05, 0.1) is 16.0 Å². The number of carbonyl (C=O) groups is 3. The number of carboxylic acid groups (broad SMARTS) is 1. The maximum Gasteiger partial charge on any atom is 0.341 e. The van der Waals surface area contributed by atoms with Crippen molar-refractivity contribution in [3.05, 3.63) is 39.7 Å². The molecule has 0 unspecified atom stereocenters. The maximum absolute atomic E-state index is 12.3. The summed E-state index contributed by atoms with van der Waals surface area (Å²) in [4.78, 5) is 36.3. The zero-order chi connectivity index (χ0) is 19.3. The van der Waals surface area contributed by atoms with Crippen molar-refractivity contribution in [3.8, 4) is 11.5 Å². The van der Waals surface area contributed by atoms with Crippen LogP contribution >= 0.6 is 27.7 Å². The van der Waals surface area contributed by atoms with Crippen molar-refractivity contribution in [3.63, 3.8) is 0 Å². The van der Waals surface area contributed by atoms with Crippen LogP contribution in [-0.2, 0) is 9.59 Å². The zero-order valence-electron chi connectivity index (χ0n) is 13.9. The third-order valence-electron chi connectivity index (χ3n) is 3.15. The molecule has 0 saturated carbocycles. The van der Waals surface area contributed by atoms with Gasteiger partial charge in [-0.2, -0.15) is 0 Å². The maximum atomic E-state index is 12.3. The first-order valence-electron chi connectivity index (χ1n) is 7.54. The number of halogens is 1. The number of hydrogen-bond donors (Lipinski definition) is 1. The van der Waals surface area contributed by atoms with E-state index in [2.05, 4.69) is 22.5 Å². The number of aliphatic carboxylic acids is 1. The molecule has 1 aromatic carbocycles. The lowest BCUT2D eigenvalue weighted by molar-refractivity contribution is -0.139. The van der Waals surface area contributed by atoms with Gasteiger partial charge in [-0.15, -0.1) is 6.58 Å². The molecule has 1 N–H and O–H groups in total. The van der Waals surface area contributed by atoms with Gasteiger partial charge in [-0.3, -0.25) is 14.5 Å². The minimum absolute atomic E-state index is 0.151. The van der Waals surface area contributed by atoms with E-state index in [1.807, 2.05) is 0 Å². The molecule has 2 rings (SSSR count). The number of carbonyl (C=O) groups excluding carboxylic acids is 2. The van der Waals surface area contributed by atoms with Gasteiger partial charge in [0.25, 0.3) is 11.1 Å². The summed E-state index contributed by atoms with van der Waals surface area (Å²) >= 11 is 4.17. The Bertz CT molecular complexity index is 792. The standard InChI is InChI=1S/C17H16BrNO6S/c1-3-5-19-16(22)13(26-17(19)23)8-10-6-11(18)15(25-9-14(20)21)12(7-10)24-4-2/h3,6-8H,1,4-5,9H2,2H3,(H,20,21)/b13-8+. The van der Waals surface area contributed by atoms with E-state index in [0.717, 1.165) is 16.7 Å². The van der Waals surface area contributed by atoms with Gasteiger partial charge in [-0.25, -0.2) is 4.79 Å². The molecule has 26 heavy (non-hydrogen) atoms. The van der Waals surface area contributed by atoms with E-state index >= 15 is 0 Å². The van der Waals surface area contributed by atoms with E-state index in [4.69, 9.17) is 14.6 Å². The van der Waals surface area contributed by atoms with Crippen LogP contribution in [0.3, 0.4) is 0 Å². The van der Waals surface area contributed by atoms with Gasteiger partial charge < -0.3 is 14.6 Å². The molecule has 2 amide bonds. The number of carboxylic acids is 1. The summed E-state index contributed by atoms with van der Waals surface area (Å²) < 4.78 is 11.2. The molecule has 1 fully saturated rings. The fourth-order valence-electron chi connectivity index (χ4n) is 2.15. The Labute approximate surface area is 162 Å². The molecule has 1 saturated heterocycles. The Hall–Kier alpha value is -2.26. The van der Waals surface area contributed by atoms with Crippen molar-refractivity contribution >= 4 is 50.9 Å². The molecule has 1 aliphatic heterocycles. The average molecular weight is 442 g/mol. The third kappa shape index (κ3) is 4.67. The first-order chi connectivity index (χ1) is 12.4. The fraction of sp³-hybridized carbons (Fsp3) is 0.235. The number of amides is 2. The van der Waals surface area contributed by atoms with Crippen molar-refractivity contribution in [2.45, 2.75) is 6.92 Å². The molecule has 0 atom stereocenters. The molecular weight excluding hydrogens is 426 g/mol. The highest BCUT2D eigenvalue weighted by Gasteiger charge is 2.34. The summed E-state index contributed by atoms with van der Waals surface area (Å²) in [7, 11) is 0. The Kier molecular flexibility index (Phi) is 6.87. The zero-order valence-corrected chi connectivity index (χ0v) is 16.3. The second kappa shape index (κ2) is 8.91. The van der Waals surface area contributed by atoms with E-state index in [1.54, 1.807) is 25.1 Å². The monoisotopic (exact) mass is 441 g/mol. The lowest BCUT2D eigenvalue weighted by atomic mass is 10.2. The number of hydrogen-bond acceptors (Lipinski definition) is 6. The second-order valence-electron chi connectivity index (χ2n) is 5.03. The smallest absolute Gasteiger partial charge is 0.341 e. The van der Waals surface area contributed by atoms with E-state index in [9.17, 15) is 14.4 Å². The van der Waals surface area contributed by atoms with Crippen LogP contribution in [0.4, 0.5) is 4.79 Å². The summed E-state index contributed by atoms with van der Waals surface area (Å²) in [5.74, 6) is -0.912. The van der Waals surface area contributed by atoms with Crippen LogP contribution in [0.2, 0.25) is 0 Å². The number of benzene rings is 1. The first-order valence-corrected chi connectivity index (χ1v) is 9.15. The molecule has 1 aliphatic rings. The quantitative estimate of drug-likeness (QED) is 0.486. The van der Waals surface area contributed by atoms with Gasteiger partial charge in [0, 0.05) is 6.54 Å². The number of rotatable bonds is 8. The van der Waals surface area contributed by atoms with Crippen LogP contribution < -0.4 is 9.47 Å². The van der Waals surface area contributed by atoms with Crippen molar-refractivity contribution < 1.29 is 29.0 Å². The van der Waals surface area contributed by atoms with Gasteiger partial charge in [0.15, 0.2) is 18.1 Å². The fourth-order valence-corrected chi connectivity index (χ4v) is 3.57. The molecule has 0 radical (unpaired) electrons. The molecule has 9 heteroatoms. The van der Waals surface area contributed by atoms with Gasteiger partial charge in [0.1, 0.15) is 0 Å². The lowest BCUT2D eigenvalue weighted by Crippen LogP contribution is -2.27. The van der Waals surface area contributed by atoms with Crippen molar-refractivity contribution in [1.29, 1.82) is 0 Å². The topological polar surface area (TPSA) is 93.1 Å². The highest BCUT2D eigenvalue weighted by molar-refractivity contribution is 9.10. The second-order valence-corrected chi connectivity index (χ2v) is 6.87. The Morgan fingerprint density at radius 1 is 1.38 bits per heavy atom. The molecule has 0 aliphatic carbocycles. The predicted octanol–water partition coefficient (Wildman–Crippen LogP) is 3.53. The molecule has 0 aromatic heterocycles. The minimum Gasteiger partial charge on any atom is -0.490 e. The van der Waals surface area contributed by atoms with Gasteiger partial charge in [-0.05, 0) is 58.4 Å². The number of ether oxygens (including phenoxy) is 2. The molecule has 0 spiro atoms. The van der Waals surface area contributed by atoms with Crippen molar-refractivity contribution in [2.24, 2.45) is 0 Å². The summed E-state index contributed by atoms with van der Waals surface area (Å²) in [6, 6.07) is 3.27. The van der Waals surface area contributed by atoms with Crippen LogP contribution in [0.25, 0.3) is 6.08 Å². The van der Waals surface area contributed by atoms with Crippen LogP contribution in [0.15, 0.2) is 34.2 Å². The first kappa shape index (κ1) is 20.1. The number of imide groups is 1. The normalized spacial score (nSPS) is 15.5. The highest BCUT2D eigenvalue weighted by atomic mass is 79.9. The van der Waals surface area contributed by atoms with E-state index in [1.165, 1.54) is 6.08 Å². The highest BCUT2D eigenvalue weighted by Crippen LogP contribution is 2.39. The SMILES string of the molecule is C=CCN1C(=O)S/C(=C/c2cc(Br)c(OCC(=O)O)c(OCC)c2)C1=O. The van der Waals surface area contributed by atoms with Crippen LogP contribution in [0.5, 0.6) is 11.5 Å². The molecule has 0 bridgehead atoms. The summed E-state index contributed by atoms with van der Waals surface area (Å²) in [5.41, 5.74) is 0.604. The van der Waals surface area contributed by atoms with Crippen LogP contribution in [-0.4, -0.2) is 46.9 Å². The summed E-state index contributed by atoms with van der Waals surface area (Å²) in [6.45, 7) is 5.29. The Morgan fingerprint density at radius 3 is 2.73 bits per heavy atom. The van der Waals surface area contributed by atoms with Crippen LogP contribution in [0, 0.1) is 0 Å².